The molecule has 0 saturated carbocycles. The molecule has 0 unspecified atom stereocenters. The van der Waals surface area contributed by atoms with Crippen molar-refractivity contribution in [1.82, 2.24) is 9.13 Å². The van der Waals surface area contributed by atoms with Crippen LogP contribution in [0.4, 0.5) is 0 Å². The standard InChI is InChI=1S/C17H15ClN2O2S/c1-19-15-5-3-2-4-14(15)16(21)20(17(19)22)10-11-23-13-8-6-12(18)7-9-13/h2-9H,10-11H2,1H3. The Kier molecular flexibility index (Phi) is 4.59. The molecule has 0 aliphatic rings. The molecular weight excluding hydrogens is 332 g/mol. The van der Waals surface area contributed by atoms with E-state index >= 15 is 0 Å². The Balaban J connectivity index is 1.87. The van der Waals surface area contributed by atoms with Gasteiger partial charge in [-0.15, -0.1) is 11.8 Å². The number of hydrogen-bond acceptors (Lipinski definition) is 3. The second kappa shape index (κ2) is 6.64. The van der Waals surface area contributed by atoms with Crippen LogP contribution in [-0.2, 0) is 13.6 Å². The Labute approximate surface area is 142 Å². The van der Waals surface area contributed by atoms with Gasteiger partial charge in [0.25, 0.3) is 5.56 Å². The molecule has 6 heteroatoms. The second-order valence-corrected chi connectivity index (χ2v) is 6.72. The number of fused-ring (bicyclic) bond motifs is 1. The number of para-hydroxylation sites is 1. The molecule has 118 valence electrons. The van der Waals surface area contributed by atoms with Gasteiger partial charge in [0.05, 0.1) is 10.9 Å². The van der Waals surface area contributed by atoms with Crippen LogP contribution < -0.4 is 11.2 Å². The average Bonchev–Trinajstić information content (AvgIpc) is 2.57. The number of halogens is 1. The monoisotopic (exact) mass is 346 g/mol. The van der Waals surface area contributed by atoms with Crippen molar-refractivity contribution in [3.63, 3.8) is 0 Å². The third kappa shape index (κ3) is 3.21. The topological polar surface area (TPSA) is 44.0 Å². The van der Waals surface area contributed by atoms with E-state index in [4.69, 9.17) is 11.6 Å². The lowest BCUT2D eigenvalue weighted by Crippen LogP contribution is -2.39. The molecule has 23 heavy (non-hydrogen) atoms. The van der Waals surface area contributed by atoms with Crippen LogP contribution in [0.2, 0.25) is 5.02 Å². The fraction of sp³-hybridized carbons (Fsp3) is 0.176. The zero-order valence-electron chi connectivity index (χ0n) is 12.5. The molecule has 1 aromatic heterocycles. The summed E-state index contributed by atoms with van der Waals surface area (Å²) in [6, 6.07) is 14.7. The first-order valence-corrected chi connectivity index (χ1v) is 8.51. The lowest BCUT2D eigenvalue weighted by atomic mass is 10.2. The Bertz CT molecular complexity index is 961. The first-order valence-electron chi connectivity index (χ1n) is 7.15. The highest BCUT2D eigenvalue weighted by molar-refractivity contribution is 7.99. The molecule has 0 N–H and O–H groups in total. The van der Waals surface area contributed by atoms with Crippen LogP contribution in [0.5, 0.6) is 0 Å². The Morgan fingerprint density at radius 2 is 1.74 bits per heavy atom. The fourth-order valence-corrected chi connectivity index (χ4v) is 3.41. The van der Waals surface area contributed by atoms with E-state index in [9.17, 15) is 9.59 Å². The Morgan fingerprint density at radius 1 is 1.04 bits per heavy atom. The molecule has 0 radical (unpaired) electrons. The zero-order valence-corrected chi connectivity index (χ0v) is 14.1. The maximum absolute atomic E-state index is 12.5. The van der Waals surface area contributed by atoms with Crippen molar-refractivity contribution >= 4 is 34.3 Å². The molecule has 0 aliphatic carbocycles. The van der Waals surface area contributed by atoms with Crippen molar-refractivity contribution in [2.75, 3.05) is 5.75 Å². The van der Waals surface area contributed by atoms with E-state index in [1.165, 1.54) is 9.13 Å². The summed E-state index contributed by atoms with van der Waals surface area (Å²) in [5, 5.41) is 1.25. The molecule has 0 aliphatic heterocycles. The van der Waals surface area contributed by atoms with Crippen molar-refractivity contribution < 1.29 is 0 Å². The minimum absolute atomic E-state index is 0.236. The zero-order chi connectivity index (χ0) is 16.4. The van der Waals surface area contributed by atoms with Crippen molar-refractivity contribution in [1.29, 1.82) is 0 Å². The molecule has 1 heterocycles. The molecule has 0 saturated heterocycles. The number of nitrogens with zero attached hydrogens (tertiary/aromatic N) is 2. The highest BCUT2D eigenvalue weighted by Crippen LogP contribution is 2.20. The van der Waals surface area contributed by atoms with Crippen LogP contribution in [0.3, 0.4) is 0 Å². The van der Waals surface area contributed by atoms with Gasteiger partial charge in [0.2, 0.25) is 0 Å². The molecule has 0 bridgehead atoms. The molecule has 0 spiro atoms. The third-order valence-electron chi connectivity index (χ3n) is 3.66. The fourth-order valence-electron chi connectivity index (χ4n) is 2.45. The van der Waals surface area contributed by atoms with Crippen molar-refractivity contribution in [3.8, 4) is 0 Å². The number of aromatic nitrogens is 2. The highest BCUT2D eigenvalue weighted by Gasteiger charge is 2.10. The van der Waals surface area contributed by atoms with Crippen molar-refractivity contribution in [2.45, 2.75) is 11.4 Å². The van der Waals surface area contributed by atoms with Crippen LogP contribution in [0, 0.1) is 0 Å². The number of aryl methyl sites for hydroxylation is 1. The summed E-state index contributed by atoms with van der Waals surface area (Å²) >= 11 is 7.44. The predicted molar refractivity (Wildman–Crippen MR) is 95.6 cm³/mol. The van der Waals surface area contributed by atoms with E-state index in [0.717, 1.165) is 4.90 Å². The smallest absolute Gasteiger partial charge is 0.296 e. The van der Waals surface area contributed by atoms with Gasteiger partial charge < -0.3 is 0 Å². The molecule has 0 atom stereocenters. The first-order chi connectivity index (χ1) is 11.1. The van der Waals surface area contributed by atoms with Crippen LogP contribution in [-0.4, -0.2) is 14.9 Å². The van der Waals surface area contributed by atoms with Gasteiger partial charge in [0.1, 0.15) is 0 Å². The lowest BCUT2D eigenvalue weighted by Gasteiger charge is -2.10. The third-order valence-corrected chi connectivity index (χ3v) is 4.90. The predicted octanol–water partition coefficient (Wildman–Crippen LogP) is 3.15. The molecular formula is C17H15ClN2O2S. The summed E-state index contributed by atoms with van der Waals surface area (Å²) in [4.78, 5) is 26.0. The average molecular weight is 347 g/mol. The van der Waals surface area contributed by atoms with Crippen LogP contribution in [0.1, 0.15) is 0 Å². The van der Waals surface area contributed by atoms with Gasteiger partial charge >= 0.3 is 5.69 Å². The molecule has 3 aromatic rings. The minimum Gasteiger partial charge on any atom is -0.296 e. The highest BCUT2D eigenvalue weighted by atomic mass is 35.5. The normalized spacial score (nSPS) is 11.0. The summed E-state index contributed by atoms with van der Waals surface area (Å²) < 4.78 is 2.81. The van der Waals surface area contributed by atoms with E-state index in [0.29, 0.717) is 28.2 Å². The van der Waals surface area contributed by atoms with Gasteiger partial charge in [-0.1, -0.05) is 23.7 Å². The molecule has 3 rings (SSSR count). The van der Waals surface area contributed by atoms with E-state index in [1.54, 1.807) is 37.0 Å². The molecule has 4 nitrogen and oxygen atoms in total. The van der Waals surface area contributed by atoms with Crippen molar-refractivity contribution in [3.05, 3.63) is 74.4 Å². The Hall–Kier alpha value is -1.98. The second-order valence-electron chi connectivity index (χ2n) is 5.12. The van der Waals surface area contributed by atoms with Gasteiger partial charge in [-0.25, -0.2) is 4.79 Å². The lowest BCUT2D eigenvalue weighted by molar-refractivity contribution is 0.645. The SMILES string of the molecule is Cn1c(=O)n(CCSc2ccc(Cl)cc2)c(=O)c2ccccc21. The van der Waals surface area contributed by atoms with Crippen molar-refractivity contribution in [2.24, 2.45) is 7.05 Å². The summed E-state index contributed by atoms with van der Waals surface area (Å²) in [5.41, 5.74) is 0.134. The maximum Gasteiger partial charge on any atom is 0.331 e. The summed E-state index contributed by atoms with van der Waals surface area (Å²) in [6.07, 6.45) is 0. The maximum atomic E-state index is 12.5. The van der Waals surface area contributed by atoms with Crippen LogP contribution in [0.25, 0.3) is 10.9 Å². The van der Waals surface area contributed by atoms with Gasteiger partial charge in [-0.2, -0.15) is 0 Å². The van der Waals surface area contributed by atoms with Gasteiger partial charge in [-0.05, 0) is 36.4 Å². The van der Waals surface area contributed by atoms with E-state index < -0.39 is 0 Å². The minimum atomic E-state index is -0.287. The number of hydrogen-bond donors (Lipinski definition) is 0. The quantitative estimate of drug-likeness (QED) is 0.682. The first kappa shape index (κ1) is 15.9. The molecule has 2 aromatic carbocycles. The molecule has 0 fully saturated rings. The number of thioether (sulfide) groups is 1. The number of benzene rings is 2. The summed E-state index contributed by atoms with van der Waals surface area (Å²) in [7, 11) is 1.69. The van der Waals surface area contributed by atoms with Crippen LogP contribution in [0.15, 0.2) is 63.0 Å². The van der Waals surface area contributed by atoms with Gasteiger partial charge in [-0.3, -0.25) is 13.9 Å². The van der Waals surface area contributed by atoms with Crippen LogP contribution >= 0.6 is 23.4 Å². The summed E-state index contributed by atoms with van der Waals surface area (Å²) in [6.45, 7) is 0.365. The summed E-state index contributed by atoms with van der Waals surface area (Å²) in [5.74, 6) is 0.634. The number of rotatable bonds is 4. The van der Waals surface area contributed by atoms with Gasteiger partial charge in [0.15, 0.2) is 0 Å². The Morgan fingerprint density at radius 3 is 2.48 bits per heavy atom. The van der Waals surface area contributed by atoms with E-state index in [1.807, 2.05) is 30.3 Å². The van der Waals surface area contributed by atoms with E-state index in [2.05, 4.69) is 0 Å². The molecule has 0 amide bonds. The van der Waals surface area contributed by atoms with Gasteiger partial charge in [0, 0.05) is 29.3 Å². The van der Waals surface area contributed by atoms with E-state index in [-0.39, 0.29) is 11.2 Å². The largest absolute Gasteiger partial charge is 0.331 e.